The molecule has 3 aromatic heterocycles. The van der Waals surface area contributed by atoms with E-state index in [-0.39, 0.29) is 11.9 Å². The van der Waals surface area contributed by atoms with Gasteiger partial charge in [0.25, 0.3) is 5.91 Å². The van der Waals surface area contributed by atoms with Gasteiger partial charge in [-0.2, -0.15) is 0 Å². The van der Waals surface area contributed by atoms with E-state index in [4.69, 9.17) is 0 Å². The smallest absolute Gasteiger partial charge is 0.275 e. The Hall–Kier alpha value is -3.19. The van der Waals surface area contributed by atoms with Crippen LogP contribution >= 0.6 is 0 Å². The molecular formula is C21H22N6O. The van der Waals surface area contributed by atoms with Crippen LogP contribution in [-0.2, 0) is 6.54 Å². The summed E-state index contributed by atoms with van der Waals surface area (Å²) in [5.41, 5.74) is 3.58. The molecule has 0 saturated carbocycles. The second kappa shape index (κ2) is 8.22. The molecule has 1 saturated heterocycles. The van der Waals surface area contributed by atoms with Gasteiger partial charge in [0.15, 0.2) is 5.82 Å². The molecule has 7 heteroatoms. The molecule has 0 aromatic carbocycles. The highest BCUT2D eigenvalue weighted by Crippen LogP contribution is 2.32. The molecule has 7 nitrogen and oxygen atoms in total. The van der Waals surface area contributed by atoms with Crippen molar-refractivity contribution in [3.05, 3.63) is 77.8 Å². The number of amides is 1. The van der Waals surface area contributed by atoms with E-state index in [1.54, 1.807) is 12.3 Å². The fourth-order valence-corrected chi connectivity index (χ4v) is 3.53. The molecule has 0 spiro atoms. The van der Waals surface area contributed by atoms with Gasteiger partial charge in [-0.05, 0) is 50.1 Å². The number of pyridine rings is 2. The summed E-state index contributed by atoms with van der Waals surface area (Å²) in [4.78, 5) is 32.1. The van der Waals surface area contributed by atoms with Crippen molar-refractivity contribution in [2.75, 3.05) is 11.9 Å². The molecule has 0 bridgehead atoms. The zero-order valence-corrected chi connectivity index (χ0v) is 15.7. The van der Waals surface area contributed by atoms with Crippen molar-refractivity contribution in [3.8, 4) is 0 Å². The molecule has 4 rings (SSSR count). The summed E-state index contributed by atoms with van der Waals surface area (Å²) in [7, 11) is 0. The number of carbonyl (C=O) groups excluding carboxylic acids is 1. The van der Waals surface area contributed by atoms with Crippen LogP contribution in [0.2, 0.25) is 0 Å². The van der Waals surface area contributed by atoms with Gasteiger partial charge in [0, 0.05) is 25.1 Å². The van der Waals surface area contributed by atoms with Crippen LogP contribution in [0.5, 0.6) is 0 Å². The maximum Gasteiger partial charge on any atom is 0.275 e. The summed E-state index contributed by atoms with van der Waals surface area (Å²) in [6.07, 6.45) is 8.57. The molecule has 0 aliphatic carbocycles. The van der Waals surface area contributed by atoms with E-state index in [1.165, 1.54) is 18.0 Å². The number of carbonyl (C=O) groups is 1. The Bertz CT molecular complexity index is 962. The number of aryl methyl sites for hydroxylation is 1. The monoisotopic (exact) mass is 374 g/mol. The van der Waals surface area contributed by atoms with Gasteiger partial charge in [0.1, 0.15) is 5.69 Å². The SMILES string of the molecule is Cc1cccnc1CN1CCCC1c1cccc(C(=O)Nc2cnccn2)n1. The summed E-state index contributed by atoms with van der Waals surface area (Å²) in [6, 6.07) is 9.83. The predicted octanol–water partition coefficient (Wildman–Crippen LogP) is 3.16. The first-order valence-electron chi connectivity index (χ1n) is 9.39. The first-order chi connectivity index (χ1) is 13.7. The van der Waals surface area contributed by atoms with E-state index in [0.717, 1.165) is 37.3 Å². The maximum absolute atomic E-state index is 12.5. The molecule has 1 atom stereocenters. The summed E-state index contributed by atoms with van der Waals surface area (Å²) in [5, 5.41) is 2.74. The van der Waals surface area contributed by atoms with Gasteiger partial charge < -0.3 is 5.32 Å². The normalized spacial score (nSPS) is 16.8. The van der Waals surface area contributed by atoms with Crippen LogP contribution in [-0.4, -0.2) is 37.3 Å². The number of anilines is 1. The molecule has 1 aliphatic heterocycles. The first-order valence-corrected chi connectivity index (χ1v) is 9.39. The average molecular weight is 374 g/mol. The lowest BCUT2D eigenvalue weighted by Gasteiger charge is -2.24. The fraction of sp³-hybridized carbons (Fsp3) is 0.286. The Morgan fingerprint density at radius 3 is 2.93 bits per heavy atom. The predicted molar refractivity (Wildman–Crippen MR) is 106 cm³/mol. The van der Waals surface area contributed by atoms with E-state index >= 15 is 0 Å². The van der Waals surface area contributed by atoms with E-state index < -0.39 is 0 Å². The van der Waals surface area contributed by atoms with Crippen LogP contribution in [0.15, 0.2) is 55.1 Å². The van der Waals surface area contributed by atoms with Crippen molar-refractivity contribution in [1.82, 2.24) is 24.8 Å². The number of nitrogens with one attached hydrogen (secondary N) is 1. The van der Waals surface area contributed by atoms with Gasteiger partial charge in [-0.15, -0.1) is 0 Å². The summed E-state index contributed by atoms with van der Waals surface area (Å²) < 4.78 is 0. The second-order valence-electron chi connectivity index (χ2n) is 6.89. The van der Waals surface area contributed by atoms with Crippen molar-refractivity contribution in [2.24, 2.45) is 0 Å². The highest BCUT2D eigenvalue weighted by Gasteiger charge is 2.28. The highest BCUT2D eigenvalue weighted by molar-refractivity contribution is 6.02. The molecule has 3 aromatic rings. The number of hydrogen-bond acceptors (Lipinski definition) is 6. The lowest BCUT2D eigenvalue weighted by atomic mass is 10.1. The largest absolute Gasteiger partial charge is 0.304 e. The van der Waals surface area contributed by atoms with E-state index in [2.05, 4.69) is 43.1 Å². The quantitative estimate of drug-likeness (QED) is 0.738. The second-order valence-corrected chi connectivity index (χ2v) is 6.89. The van der Waals surface area contributed by atoms with Gasteiger partial charge in [0.05, 0.1) is 23.6 Å². The van der Waals surface area contributed by atoms with Gasteiger partial charge in [-0.25, -0.2) is 9.97 Å². The lowest BCUT2D eigenvalue weighted by molar-refractivity contribution is 0.102. The topological polar surface area (TPSA) is 83.9 Å². The number of aromatic nitrogens is 4. The van der Waals surface area contributed by atoms with Crippen LogP contribution in [0.4, 0.5) is 5.82 Å². The first kappa shape index (κ1) is 18.2. The molecule has 142 valence electrons. The number of likely N-dealkylation sites (tertiary alicyclic amines) is 1. The van der Waals surface area contributed by atoms with Gasteiger partial charge >= 0.3 is 0 Å². The molecule has 0 radical (unpaired) electrons. The Kier molecular flexibility index (Phi) is 5.34. The minimum atomic E-state index is -0.285. The zero-order valence-electron chi connectivity index (χ0n) is 15.7. The lowest BCUT2D eigenvalue weighted by Crippen LogP contribution is -2.25. The Morgan fingerprint density at radius 2 is 2.11 bits per heavy atom. The third-order valence-corrected chi connectivity index (χ3v) is 4.98. The minimum absolute atomic E-state index is 0.186. The van der Waals surface area contributed by atoms with Crippen molar-refractivity contribution in [3.63, 3.8) is 0 Å². The minimum Gasteiger partial charge on any atom is -0.304 e. The molecule has 1 amide bonds. The zero-order chi connectivity index (χ0) is 19.3. The molecule has 28 heavy (non-hydrogen) atoms. The van der Waals surface area contributed by atoms with Gasteiger partial charge in [-0.3, -0.25) is 19.7 Å². The Labute approximate surface area is 163 Å². The molecule has 4 heterocycles. The summed E-state index contributed by atoms with van der Waals surface area (Å²) in [6.45, 7) is 3.87. The van der Waals surface area contributed by atoms with Crippen LogP contribution < -0.4 is 5.32 Å². The Balaban J connectivity index is 1.51. The fourth-order valence-electron chi connectivity index (χ4n) is 3.53. The standard InChI is InChI=1S/C21H22N6O/c1-15-5-3-9-23-18(15)14-27-12-4-8-19(27)16-6-2-7-17(25-16)21(28)26-20-13-22-10-11-24-20/h2-3,5-7,9-11,13,19H,4,8,12,14H2,1H3,(H,24,26,28). The van der Waals surface area contributed by atoms with Crippen molar-refractivity contribution >= 4 is 11.7 Å². The molecular weight excluding hydrogens is 352 g/mol. The number of rotatable bonds is 5. The number of hydrogen-bond donors (Lipinski definition) is 1. The summed E-state index contributed by atoms with van der Waals surface area (Å²) in [5.74, 6) is 0.125. The molecule has 1 fully saturated rings. The van der Waals surface area contributed by atoms with Gasteiger partial charge in [0.2, 0.25) is 0 Å². The Morgan fingerprint density at radius 1 is 1.18 bits per heavy atom. The van der Waals surface area contributed by atoms with E-state index in [9.17, 15) is 4.79 Å². The van der Waals surface area contributed by atoms with Crippen LogP contribution in [0.1, 0.15) is 46.3 Å². The molecule has 1 unspecified atom stereocenters. The van der Waals surface area contributed by atoms with Crippen molar-refractivity contribution < 1.29 is 4.79 Å². The molecule has 1 N–H and O–H groups in total. The van der Waals surface area contributed by atoms with Crippen molar-refractivity contribution in [1.29, 1.82) is 0 Å². The molecule has 1 aliphatic rings. The van der Waals surface area contributed by atoms with E-state index in [1.807, 2.05) is 24.4 Å². The van der Waals surface area contributed by atoms with Crippen LogP contribution in [0.25, 0.3) is 0 Å². The summed E-state index contributed by atoms with van der Waals surface area (Å²) >= 11 is 0. The number of nitrogens with zero attached hydrogens (tertiary/aromatic N) is 5. The van der Waals surface area contributed by atoms with Crippen LogP contribution in [0.3, 0.4) is 0 Å². The van der Waals surface area contributed by atoms with Crippen LogP contribution in [0, 0.1) is 6.92 Å². The third kappa shape index (κ3) is 4.04. The van der Waals surface area contributed by atoms with Gasteiger partial charge in [-0.1, -0.05) is 12.1 Å². The van der Waals surface area contributed by atoms with E-state index in [0.29, 0.717) is 11.5 Å². The highest BCUT2D eigenvalue weighted by atomic mass is 16.1. The average Bonchev–Trinajstić information content (AvgIpc) is 3.19. The maximum atomic E-state index is 12.5. The third-order valence-electron chi connectivity index (χ3n) is 4.98. The van der Waals surface area contributed by atoms with Crippen molar-refractivity contribution in [2.45, 2.75) is 32.4 Å².